The van der Waals surface area contributed by atoms with Gasteiger partial charge in [0.15, 0.2) is 0 Å². The van der Waals surface area contributed by atoms with Crippen LogP contribution in [0.1, 0.15) is 19.3 Å². The van der Waals surface area contributed by atoms with Gasteiger partial charge >= 0.3 is 0 Å². The zero-order valence-corrected chi connectivity index (χ0v) is 8.97. The van der Waals surface area contributed by atoms with E-state index in [0.29, 0.717) is 12.0 Å². The third-order valence-electron chi connectivity index (χ3n) is 3.18. The van der Waals surface area contributed by atoms with Crippen molar-refractivity contribution in [2.75, 3.05) is 13.1 Å². The lowest BCUT2D eigenvalue weighted by atomic mass is 10.0. The van der Waals surface area contributed by atoms with Crippen LogP contribution in [0.15, 0.2) is 12.4 Å². The summed E-state index contributed by atoms with van der Waals surface area (Å²) < 4.78 is 1.85. The van der Waals surface area contributed by atoms with Gasteiger partial charge in [0.25, 0.3) is 0 Å². The Balaban J connectivity index is 1.69. The summed E-state index contributed by atoms with van der Waals surface area (Å²) in [5, 5.41) is 11.2. The van der Waals surface area contributed by atoms with Crippen molar-refractivity contribution in [3.8, 4) is 0 Å². The molecule has 0 aromatic carbocycles. The zero-order valence-electron chi connectivity index (χ0n) is 8.97. The second-order valence-electron chi connectivity index (χ2n) is 4.15. The molecule has 5 heteroatoms. The van der Waals surface area contributed by atoms with E-state index >= 15 is 0 Å². The maximum atomic E-state index is 5.72. The molecule has 1 aliphatic rings. The summed E-state index contributed by atoms with van der Waals surface area (Å²) in [5.74, 6) is 0.667. The van der Waals surface area contributed by atoms with Crippen LogP contribution in [-0.2, 0) is 6.54 Å². The molecule has 0 aliphatic heterocycles. The van der Waals surface area contributed by atoms with Gasteiger partial charge in [0.05, 0.1) is 12.7 Å². The Labute approximate surface area is 90.0 Å². The Morgan fingerprint density at radius 2 is 2.40 bits per heavy atom. The predicted octanol–water partition coefficient (Wildman–Crippen LogP) is -0.00490. The van der Waals surface area contributed by atoms with Crippen molar-refractivity contribution in [2.45, 2.75) is 31.8 Å². The molecule has 0 amide bonds. The van der Waals surface area contributed by atoms with E-state index in [2.05, 4.69) is 15.6 Å². The van der Waals surface area contributed by atoms with Crippen LogP contribution in [0.4, 0.5) is 0 Å². The van der Waals surface area contributed by atoms with E-state index in [1.165, 1.54) is 19.3 Å². The lowest BCUT2D eigenvalue weighted by Gasteiger charge is -2.19. The molecule has 0 spiro atoms. The van der Waals surface area contributed by atoms with Gasteiger partial charge in [0.1, 0.15) is 0 Å². The second-order valence-corrected chi connectivity index (χ2v) is 4.15. The largest absolute Gasteiger partial charge is 0.330 e. The van der Waals surface area contributed by atoms with Crippen molar-refractivity contribution >= 4 is 0 Å². The average molecular weight is 209 g/mol. The van der Waals surface area contributed by atoms with Crippen LogP contribution < -0.4 is 11.1 Å². The SMILES string of the molecule is NCC1CCCC1NCCn1ccnn1. The molecule has 1 fully saturated rings. The van der Waals surface area contributed by atoms with Gasteiger partial charge in [-0.1, -0.05) is 11.6 Å². The molecule has 0 saturated heterocycles. The maximum absolute atomic E-state index is 5.72. The van der Waals surface area contributed by atoms with Gasteiger partial charge in [0, 0.05) is 18.8 Å². The highest BCUT2D eigenvalue weighted by molar-refractivity contribution is 4.83. The van der Waals surface area contributed by atoms with Crippen molar-refractivity contribution in [2.24, 2.45) is 11.7 Å². The minimum absolute atomic E-state index is 0.610. The Bertz CT molecular complexity index is 271. The fourth-order valence-electron chi connectivity index (χ4n) is 2.30. The Hall–Kier alpha value is -0.940. The zero-order chi connectivity index (χ0) is 10.5. The first kappa shape index (κ1) is 10.6. The summed E-state index contributed by atoms with van der Waals surface area (Å²) >= 11 is 0. The number of hydrogen-bond acceptors (Lipinski definition) is 4. The third-order valence-corrected chi connectivity index (χ3v) is 3.18. The number of nitrogens with one attached hydrogen (secondary N) is 1. The van der Waals surface area contributed by atoms with Gasteiger partial charge in [-0.3, -0.25) is 4.68 Å². The number of rotatable bonds is 5. The minimum atomic E-state index is 0.610. The van der Waals surface area contributed by atoms with Gasteiger partial charge < -0.3 is 11.1 Å². The van der Waals surface area contributed by atoms with Crippen LogP contribution in [-0.4, -0.2) is 34.1 Å². The summed E-state index contributed by atoms with van der Waals surface area (Å²) in [4.78, 5) is 0. The first-order chi connectivity index (χ1) is 7.40. The standard InChI is InChI=1S/C10H19N5/c11-8-9-2-1-3-10(9)12-4-6-15-7-5-13-14-15/h5,7,9-10,12H,1-4,6,8,11H2. The van der Waals surface area contributed by atoms with E-state index in [1.807, 2.05) is 10.9 Å². The van der Waals surface area contributed by atoms with Crippen LogP contribution in [0.3, 0.4) is 0 Å². The van der Waals surface area contributed by atoms with Gasteiger partial charge in [-0.15, -0.1) is 5.10 Å². The van der Waals surface area contributed by atoms with E-state index < -0.39 is 0 Å². The lowest BCUT2D eigenvalue weighted by molar-refractivity contribution is 0.393. The van der Waals surface area contributed by atoms with E-state index in [1.54, 1.807) is 6.20 Å². The molecule has 1 aliphatic carbocycles. The molecule has 0 radical (unpaired) electrons. The molecule has 1 saturated carbocycles. The van der Waals surface area contributed by atoms with Crippen LogP contribution >= 0.6 is 0 Å². The molecule has 15 heavy (non-hydrogen) atoms. The molecule has 1 heterocycles. The molecule has 2 unspecified atom stereocenters. The van der Waals surface area contributed by atoms with Crippen molar-refractivity contribution in [3.05, 3.63) is 12.4 Å². The van der Waals surface area contributed by atoms with Crippen molar-refractivity contribution in [3.63, 3.8) is 0 Å². The van der Waals surface area contributed by atoms with Gasteiger partial charge in [-0.05, 0) is 25.3 Å². The number of nitrogens with two attached hydrogens (primary N) is 1. The van der Waals surface area contributed by atoms with Crippen LogP contribution in [0.5, 0.6) is 0 Å². The molecular weight excluding hydrogens is 190 g/mol. The normalized spacial score (nSPS) is 25.9. The fraction of sp³-hybridized carbons (Fsp3) is 0.800. The molecule has 84 valence electrons. The molecular formula is C10H19N5. The minimum Gasteiger partial charge on any atom is -0.330 e. The molecule has 2 atom stereocenters. The molecule has 0 bridgehead atoms. The highest BCUT2D eigenvalue weighted by Crippen LogP contribution is 2.24. The molecule has 3 N–H and O–H groups in total. The topological polar surface area (TPSA) is 68.8 Å². The summed E-state index contributed by atoms with van der Waals surface area (Å²) in [6, 6.07) is 0.610. The van der Waals surface area contributed by atoms with Crippen molar-refractivity contribution in [1.82, 2.24) is 20.3 Å². The first-order valence-electron chi connectivity index (χ1n) is 5.67. The smallest absolute Gasteiger partial charge is 0.0692 e. The third kappa shape index (κ3) is 2.76. The van der Waals surface area contributed by atoms with Gasteiger partial charge in [-0.25, -0.2) is 0 Å². The van der Waals surface area contributed by atoms with Gasteiger partial charge in [-0.2, -0.15) is 0 Å². The van der Waals surface area contributed by atoms with Crippen LogP contribution in [0, 0.1) is 5.92 Å². The summed E-state index contributed by atoms with van der Waals surface area (Å²) in [5.41, 5.74) is 5.72. The van der Waals surface area contributed by atoms with Crippen LogP contribution in [0.2, 0.25) is 0 Å². The molecule has 1 aromatic heterocycles. The summed E-state index contributed by atoms with van der Waals surface area (Å²) in [6.07, 6.45) is 7.44. The number of aromatic nitrogens is 3. The first-order valence-corrected chi connectivity index (χ1v) is 5.67. The van der Waals surface area contributed by atoms with E-state index in [4.69, 9.17) is 5.73 Å². The predicted molar refractivity (Wildman–Crippen MR) is 58.2 cm³/mol. The Morgan fingerprint density at radius 1 is 1.47 bits per heavy atom. The monoisotopic (exact) mass is 209 g/mol. The summed E-state index contributed by atoms with van der Waals surface area (Å²) in [7, 11) is 0. The lowest BCUT2D eigenvalue weighted by Crippen LogP contribution is -2.37. The highest BCUT2D eigenvalue weighted by Gasteiger charge is 2.24. The molecule has 2 rings (SSSR count). The number of hydrogen-bond donors (Lipinski definition) is 2. The Kier molecular flexibility index (Phi) is 3.69. The van der Waals surface area contributed by atoms with Crippen molar-refractivity contribution in [1.29, 1.82) is 0 Å². The van der Waals surface area contributed by atoms with E-state index in [0.717, 1.165) is 19.6 Å². The van der Waals surface area contributed by atoms with Crippen molar-refractivity contribution < 1.29 is 0 Å². The molecule has 5 nitrogen and oxygen atoms in total. The van der Waals surface area contributed by atoms with Crippen LogP contribution in [0.25, 0.3) is 0 Å². The van der Waals surface area contributed by atoms with E-state index in [-0.39, 0.29) is 0 Å². The van der Waals surface area contributed by atoms with E-state index in [9.17, 15) is 0 Å². The Morgan fingerprint density at radius 3 is 3.13 bits per heavy atom. The quantitative estimate of drug-likeness (QED) is 0.716. The van der Waals surface area contributed by atoms with Gasteiger partial charge in [0.2, 0.25) is 0 Å². The fourth-order valence-corrected chi connectivity index (χ4v) is 2.30. The average Bonchev–Trinajstić information content (AvgIpc) is 2.88. The maximum Gasteiger partial charge on any atom is 0.0692 e. The summed E-state index contributed by atoms with van der Waals surface area (Å²) in [6.45, 7) is 2.64. The highest BCUT2D eigenvalue weighted by atomic mass is 15.4. The molecule has 1 aromatic rings. The number of nitrogens with zero attached hydrogens (tertiary/aromatic N) is 3. The second kappa shape index (κ2) is 5.23.